The van der Waals surface area contributed by atoms with E-state index in [1.165, 1.54) is 15.9 Å². The lowest BCUT2D eigenvalue weighted by molar-refractivity contribution is -0.139. The van der Waals surface area contributed by atoms with Crippen molar-refractivity contribution in [2.45, 2.75) is 19.9 Å². The first-order valence-corrected chi connectivity index (χ1v) is 13.3. The maximum atomic E-state index is 13.8. The number of esters is 1. The molecule has 184 valence electrons. The second kappa shape index (κ2) is 11.2. The Bertz CT molecular complexity index is 1620. The third-order valence-electron chi connectivity index (χ3n) is 5.32. The lowest BCUT2D eigenvalue weighted by Gasteiger charge is -2.25. The molecule has 7 nitrogen and oxygen atoms in total. The van der Waals surface area contributed by atoms with Crippen LogP contribution in [-0.4, -0.2) is 23.8 Å². The van der Waals surface area contributed by atoms with E-state index in [1.807, 2.05) is 6.07 Å². The molecule has 0 saturated heterocycles. The number of rotatable bonds is 6. The lowest BCUT2D eigenvalue weighted by atomic mass is 9.96. The number of carbonyl (C=O) groups is 1. The summed E-state index contributed by atoms with van der Waals surface area (Å²) in [4.78, 5) is 31.7. The van der Waals surface area contributed by atoms with Crippen LogP contribution in [0.4, 0.5) is 0 Å². The van der Waals surface area contributed by atoms with Gasteiger partial charge in [-0.15, -0.1) is 0 Å². The molecular formula is C25H18Cl2IN3O4S. The molecule has 2 aromatic carbocycles. The van der Waals surface area contributed by atoms with Gasteiger partial charge in [0.15, 0.2) is 11.4 Å². The Labute approximate surface area is 234 Å². The van der Waals surface area contributed by atoms with Gasteiger partial charge < -0.3 is 9.47 Å². The van der Waals surface area contributed by atoms with Crippen LogP contribution in [0.3, 0.4) is 0 Å². The second-order valence-electron chi connectivity index (χ2n) is 7.58. The number of ether oxygens (including phenoxy) is 2. The molecule has 36 heavy (non-hydrogen) atoms. The van der Waals surface area contributed by atoms with Crippen LogP contribution in [0, 0.1) is 14.9 Å². The first kappa shape index (κ1) is 26.4. The normalized spacial score (nSPS) is 15.2. The highest BCUT2D eigenvalue weighted by atomic mass is 127. The fourth-order valence-electron chi connectivity index (χ4n) is 3.87. The molecule has 0 spiro atoms. The molecule has 0 amide bonds. The molecule has 0 fully saturated rings. The van der Waals surface area contributed by atoms with Gasteiger partial charge in [0.25, 0.3) is 5.56 Å². The topological polar surface area (TPSA) is 93.7 Å². The number of carbonyl (C=O) groups excluding carboxylic acids is 1. The molecule has 3 aromatic rings. The predicted molar refractivity (Wildman–Crippen MR) is 147 cm³/mol. The van der Waals surface area contributed by atoms with Crippen molar-refractivity contribution < 1.29 is 14.3 Å². The van der Waals surface area contributed by atoms with E-state index in [9.17, 15) is 9.59 Å². The number of aromatic nitrogens is 1. The van der Waals surface area contributed by atoms with E-state index < -0.39 is 12.0 Å². The standard InChI is InChI=1S/C25H18Cl2IN3O4S/c1-3-34-24(33)20-13(2)30-25-31(21(20)16-6-4-5-7-17(16)27)23(32)19(36-25)11-14-10-15(26)12-18(28)22(14)35-9-8-29/h4-7,10-12,21H,3,9H2,1-2H3/b19-11-/t21-/m0/s1. The highest BCUT2D eigenvalue weighted by molar-refractivity contribution is 14.1. The third-order valence-corrected chi connectivity index (χ3v) is 7.67. The van der Waals surface area contributed by atoms with Gasteiger partial charge in [-0.3, -0.25) is 9.36 Å². The number of halogens is 3. The molecule has 11 heteroatoms. The van der Waals surface area contributed by atoms with E-state index in [0.29, 0.717) is 45.5 Å². The van der Waals surface area contributed by atoms with Crippen LogP contribution in [0.1, 0.15) is 31.0 Å². The molecule has 0 saturated carbocycles. The minimum absolute atomic E-state index is 0.158. The minimum Gasteiger partial charge on any atom is -0.477 e. The second-order valence-corrected chi connectivity index (χ2v) is 10.6. The number of hydrogen-bond donors (Lipinski definition) is 0. The Balaban J connectivity index is 1.99. The van der Waals surface area contributed by atoms with Crippen LogP contribution >= 0.6 is 57.1 Å². The molecule has 0 unspecified atom stereocenters. The van der Waals surface area contributed by atoms with E-state index in [0.717, 1.165) is 0 Å². The molecule has 0 N–H and O–H groups in total. The van der Waals surface area contributed by atoms with Crippen molar-refractivity contribution in [2.75, 3.05) is 13.2 Å². The van der Waals surface area contributed by atoms with Gasteiger partial charge in [-0.2, -0.15) is 5.26 Å². The maximum absolute atomic E-state index is 13.8. The summed E-state index contributed by atoms with van der Waals surface area (Å²) in [7, 11) is 0. The van der Waals surface area contributed by atoms with Gasteiger partial charge in [0, 0.05) is 15.6 Å². The SMILES string of the molecule is CCOC(=O)C1=C(C)N=c2s/c(=C\c3cc(Cl)cc(I)c3OCC#N)c(=O)n2[C@H]1c1ccccc1Cl. The Morgan fingerprint density at radius 3 is 2.78 bits per heavy atom. The highest BCUT2D eigenvalue weighted by Crippen LogP contribution is 2.34. The molecule has 0 radical (unpaired) electrons. The zero-order valence-electron chi connectivity index (χ0n) is 19.0. The van der Waals surface area contributed by atoms with Gasteiger partial charge >= 0.3 is 5.97 Å². The van der Waals surface area contributed by atoms with Crippen molar-refractivity contribution in [1.82, 2.24) is 4.57 Å². The Morgan fingerprint density at radius 1 is 1.33 bits per heavy atom. The Morgan fingerprint density at radius 2 is 2.08 bits per heavy atom. The van der Waals surface area contributed by atoms with Gasteiger partial charge in [-0.1, -0.05) is 52.7 Å². The van der Waals surface area contributed by atoms with E-state index in [4.69, 9.17) is 37.9 Å². The Hall–Kier alpha value is -2.65. The summed E-state index contributed by atoms with van der Waals surface area (Å²) in [6.07, 6.45) is 1.65. The summed E-state index contributed by atoms with van der Waals surface area (Å²) in [6, 6.07) is 11.6. The largest absolute Gasteiger partial charge is 0.477 e. The highest BCUT2D eigenvalue weighted by Gasteiger charge is 2.34. The molecule has 0 aliphatic carbocycles. The average molecular weight is 654 g/mol. The number of allylic oxidation sites excluding steroid dienone is 1. The summed E-state index contributed by atoms with van der Waals surface area (Å²) in [6.45, 7) is 3.44. The maximum Gasteiger partial charge on any atom is 0.338 e. The molecule has 1 atom stereocenters. The monoisotopic (exact) mass is 653 g/mol. The summed E-state index contributed by atoms with van der Waals surface area (Å²) >= 11 is 16.0. The van der Waals surface area contributed by atoms with E-state index in [-0.39, 0.29) is 24.3 Å². The average Bonchev–Trinajstić information content (AvgIpc) is 3.12. The van der Waals surface area contributed by atoms with Gasteiger partial charge in [-0.25, -0.2) is 9.79 Å². The summed E-state index contributed by atoms with van der Waals surface area (Å²) in [5.74, 6) is -0.118. The number of nitrogens with zero attached hydrogens (tertiary/aromatic N) is 3. The van der Waals surface area contributed by atoms with Crippen molar-refractivity contribution in [3.63, 3.8) is 0 Å². The molecule has 1 aliphatic heterocycles. The number of fused-ring (bicyclic) bond motifs is 1. The van der Waals surface area contributed by atoms with Gasteiger partial charge in [-0.05, 0) is 66.3 Å². The predicted octanol–water partition coefficient (Wildman–Crippen LogP) is 4.61. The van der Waals surface area contributed by atoms with Crippen LogP contribution < -0.4 is 19.6 Å². The number of nitriles is 1. The fourth-order valence-corrected chi connectivity index (χ4v) is 6.36. The molecule has 1 aromatic heterocycles. The number of hydrogen-bond acceptors (Lipinski definition) is 7. The van der Waals surface area contributed by atoms with E-state index >= 15 is 0 Å². The first-order chi connectivity index (χ1) is 17.3. The molecule has 1 aliphatic rings. The van der Waals surface area contributed by atoms with E-state index in [1.54, 1.807) is 56.3 Å². The molecule has 0 bridgehead atoms. The molecule has 4 rings (SSSR count). The minimum atomic E-state index is -0.815. The van der Waals surface area contributed by atoms with E-state index in [2.05, 4.69) is 27.6 Å². The lowest BCUT2D eigenvalue weighted by Crippen LogP contribution is -2.40. The van der Waals surface area contributed by atoms with Crippen LogP contribution in [0.2, 0.25) is 10.0 Å². The van der Waals surface area contributed by atoms with Crippen molar-refractivity contribution in [1.29, 1.82) is 5.26 Å². The van der Waals surface area contributed by atoms with Gasteiger partial charge in [0.05, 0.1) is 26.0 Å². The van der Waals surface area contributed by atoms with Crippen LogP contribution in [0.25, 0.3) is 6.08 Å². The van der Waals surface area contributed by atoms with Crippen molar-refractivity contribution in [3.05, 3.63) is 92.1 Å². The van der Waals surface area contributed by atoms with Crippen molar-refractivity contribution >= 4 is 69.2 Å². The Kier molecular flexibility index (Phi) is 8.20. The molecule has 2 heterocycles. The smallest absolute Gasteiger partial charge is 0.338 e. The fraction of sp³-hybridized carbons (Fsp3) is 0.200. The third kappa shape index (κ3) is 5.09. The number of thiazole rings is 1. The summed E-state index contributed by atoms with van der Waals surface area (Å²) in [5.41, 5.74) is 1.46. The molecular weight excluding hydrogens is 636 g/mol. The van der Waals surface area contributed by atoms with Crippen molar-refractivity contribution in [3.8, 4) is 11.8 Å². The zero-order valence-corrected chi connectivity index (χ0v) is 23.5. The van der Waals surface area contributed by atoms with Crippen molar-refractivity contribution in [2.24, 2.45) is 4.99 Å². The van der Waals surface area contributed by atoms with Gasteiger partial charge in [0.1, 0.15) is 17.9 Å². The first-order valence-electron chi connectivity index (χ1n) is 10.7. The van der Waals surface area contributed by atoms with Gasteiger partial charge in [0.2, 0.25) is 0 Å². The van der Waals surface area contributed by atoms with Crippen LogP contribution in [0.15, 0.2) is 57.5 Å². The van der Waals surface area contributed by atoms with Crippen LogP contribution in [0.5, 0.6) is 5.75 Å². The summed E-state index contributed by atoms with van der Waals surface area (Å²) in [5, 5.41) is 9.83. The number of benzene rings is 2. The van der Waals surface area contributed by atoms with Crippen LogP contribution in [-0.2, 0) is 9.53 Å². The zero-order chi connectivity index (χ0) is 26.0. The quantitative estimate of drug-likeness (QED) is 0.286. The summed E-state index contributed by atoms with van der Waals surface area (Å²) < 4.78 is 13.4.